The molecular weight excluding hydrogens is 1270 g/mol. The maximum absolute atomic E-state index is 11.1. The van der Waals surface area contributed by atoms with Gasteiger partial charge in [0.15, 0.2) is 0 Å². The Morgan fingerprint density at radius 3 is 1.28 bits per heavy atom. The summed E-state index contributed by atoms with van der Waals surface area (Å²) in [7, 11) is 16.5. The first-order valence-electron chi connectivity index (χ1n) is 12.7. The van der Waals surface area contributed by atoms with Gasteiger partial charge in [-0.1, -0.05) is 35.6 Å². The monoisotopic (exact) mass is 1310 g/mol. The molecule has 0 bridgehead atoms. The maximum Gasteiger partial charge on any atom is 0.253 e. The first kappa shape index (κ1) is 54.5. The minimum atomic E-state index is -1.14. The van der Waals surface area contributed by atoms with E-state index in [1.54, 1.807) is 20.8 Å². The number of imide groups is 3. The molecule has 0 saturated carbocycles. The van der Waals surface area contributed by atoms with Crippen LogP contribution in [-0.4, -0.2) is 109 Å². The molecule has 12 nitrogen and oxygen atoms in total. The van der Waals surface area contributed by atoms with E-state index in [2.05, 4.69) is 0 Å². The third-order valence-corrected chi connectivity index (χ3v) is 5.85. The number of carbonyl (C=O) groups is 9. The summed E-state index contributed by atoms with van der Waals surface area (Å²) in [6, 6.07) is 0. The van der Waals surface area contributed by atoms with Crippen LogP contribution in [0.5, 0.6) is 0 Å². The van der Waals surface area contributed by atoms with Crippen molar-refractivity contribution in [2.75, 3.05) is 6.54 Å². The first-order chi connectivity index (χ1) is 19.2. The molecule has 0 N–H and O–H groups in total. The van der Waals surface area contributed by atoms with Crippen molar-refractivity contribution in [3.05, 3.63) is 36.5 Å². The molecule has 3 rings (SSSR count). The van der Waals surface area contributed by atoms with Crippen LogP contribution in [0.15, 0.2) is 36.5 Å². The topological polar surface area (TPSA) is 163 Å². The molecule has 0 aromatic rings. The van der Waals surface area contributed by atoms with E-state index in [1.807, 2.05) is 0 Å². The van der Waals surface area contributed by atoms with Gasteiger partial charge in [0, 0.05) is 168 Å². The Kier molecular flexibility index (Phi) is 31.8. The Morgan fingerprint density at radius 2 is 0.935 bits per heavy atom. The van der Waals surface area contributed by atoms with Crippen LogP contribution >= 0.6 is 0 Å². The summed E-state index contributed by atoms with van der Waals surface area (Å²) in [5.41, 5.74) is 0. The van der Waals surface area contributed by atoms with Crippen molar-refractivity contribution in [3.63, 3.8) is 0 Å². The van der Waals surface area contributed by atoms with E-state index in [9.17, 15) is 43.2 Å². The third kappa shape index (κ3) is 16.4. The zero-order chi connectivity index (χ0) is 31.4. The van der Waals surface area contributed by atoms with Crippen molar-refractivity contribution in [2.45, 2.75) is 79.0 Å². The van der Waals surface area contributed by atoms with Crippen LogP contribution in [-0.2, 0) is 43.2 Å². The van der Waals surface area contributed by atoms with Crippen LogP contribution in [0.1, 0.15) is 61.3 Å². The zero-order valence-electron chi connectivity index (χ0n) is 24.5. The second kappa shape index (κ2) is 26.9. The number of ketones is 3. The number of Topliss-reactive ketones (excluding diaryl/α,β-unsaturated/α-hetero) is 3. The Morgan fingerprint density at radius 1 is 0.587 bits per heavy atom. The fraction of sp³-hybridized carbons (Fsp3) is 0.464. The van der Waals surface area contributed by atoms with Gasteiger partial charge < -0.3 is 4.79 Å². The molecule has 0 aromatic heterocycles. The molecule has 0 aromatic carbocycles. The predicted molar refractivity (Wildman–Crippen MR) is 160 cm³/mol. The van der Waals surface area contributed by atoms with Gasteiger partial charge in [0.2, 0.25) is 0 Å². The van der Waals surface area contributed by atoms with Gasteiger partial charge in [0.05, 0.1) is 13.8 Å². The average Bonchev–Trinajstić information content (AvgIpc) is 3.58. The molecule has 3 aliphatic rings. The van der Waals surface area contributed by atoms with Crippen molar-refractivity contribution < 1.29 is 136 Å². The molecule has 0 spiro atoms. The smallest absolute Gasteiger partial charge is 0.253 e. The van der Waals surface area contributed by atoms with Crippen molar-refractivity contribution >= 4 is 76.3 Å². The van der Waals surface area contributed by atoms with E-state index in [1.165, 1.54) is 12.2 Å². The number of hydrogen-bond acceptors (Lipinski definition) is 9. The van der Waals surface area contributed by atoms with E-state index in [0.717, 1.165) is 39.0 Å². The van der Waals surface area contributed by atoms with Crippen LogP contribution in [0, 0.1) is 93.3 Å². The molecule has 46 heavy (non-hydrogen) atoms. The minimum Gasteiger partial charge on any atom is -0.300 e. The summed E-state index contributed by atoms with van der Waals surface area (Å²) in [5.74, 6) is -6.07. The van der Waals surface area contributed by atoms with Crippen LogP contribution in [0.2, 0.25) is 5.82 Å². The number of rotatable bonds is 11. The predicted octanol–water partition coefficient (Wildman–Crippen LogP) is 0.280. The first-order valence-corrected chi connectivity index (χ1v) is 12.7. The number of amides is 6. The van der Waals surface area contributed by atoms with Crippen LogP contribution < -0.4 is 0 Å². The molecule has 3 unspecified atom stereocenters. The van der Waals surface area contributed by atoms with Gasteiger partial charge in [-0.15, -0.1) is 0 Å². The molecule has 0 aliphatic carbocycles. The molecule has 238 valence electrons. The SMILES string of the molecule is C.C.[B]C(C(=O)CC)N1C(=O)C=CC1=O.[B]C(CC(=O)CC)N1C(=O)C=CC1=O.[B]C(CN1C(=O)C=CC1=O)C(=O)CC.[U].[U].[U]. The van der Waals surface area contributed by atoms with Crippen molar-refractivity contribution in [3.8, 4) is 0 Å². The number of nitrogens with zero attached hydrogens (tertiary/aromatic N) is 3. The van der Waals surface area contributed by atoms with Crippen molar-refractivity contribution in [1.82, 2.24) is 14.7 Å². The van der Waals surface area contributed by atoms with E-state index in [4.69, 9.17) is 23.5 Å². The largest absolute Gasteiger partial charge is 0.300 e. The van der Waals surface area contributed by atoms with Gasteiger partial charge >= 0.3 is 0 Å². The summed E-state index contributed by atoms with van der Waals surface area (Å²) >= 11 is 0. The quantitative estimate of drug-likeness (QED) is 0.209. The van der Waals surface area contributed by atoms with Gasteiger partial charge in [0.1, 0.15) is 33.0 Å². The summed E-state index contributed by atoms with van der Waals surface area (Å²) < 4.78 is 0. The zero-order valence-corrected chi connectivity index (χ0v) is 37.0. The second-order valence-corrected chi connectivity index (χ2v) is 8.73. The third-order valence-electron chi connectivity index (χ3n) is 5.85. The molecule has 0 fully saturated rings. The Hall–Kier alpha value is -0.999. The molecule has 6 radical (unpaired) electrons. The summed E-state index contributed by atoms with van der Waals surface area (Å²) in [6.45, 7) is 4.99. The van der Waals surface area contributed by atoms with Gasteiger partial charge in [0.25, 0.3) is 35.4 Å². The maximum atomic E-state index is 11.1. The van der Waals surface area contributed by atoms with E-state index < -0.39 is 53.1 Å². The van der Waals surface area contributed by atoms with Crippen LogP contribution in [0.3, 0.4) is 0 Å². The molecule has 3 atom stereocenters. The fourth-order valence-electron chi connectivity index (χ4n) is 3.42. The summed E-state index contributed by atoms with van der Waals surface area (Å²) in [5, 5.41) is 0. The molecule has 3 aliphatic heterocycles. The van der Waals surface area contributed by atoms with E-state index in [-0.39, 0.29) is 145 Å². The molecular formula is C28H36B3N3O9U3. The van der Waals surface area contributed by atoms with Crippen LogP contribution in [0.25, 0.3) is 0 Å². The Balaban J connectivity index is -0.000000173. The normalized spacial score (nSPS) is 15.8. The number of carbonyl (C=O) groups excluding carboxylic acids is 9. The standard InChI is InChI=1S/2C9H10BNO3.C8H8BNO3.2CH4.3U/c1-2-7(12)6(10)5-11-8(13)3-4-9(11)14;1-2-6(12)5-7(10)11-8(13)3-4-9(11)14;1-2-5(11)8(9)10-6(12)3-4-7(10)13;;;;;/h3-4,6H,2,5H2,1H3;3-4,7H,2,5H2,1H3;3-4,8H,2H2,1H3;2*1H4;;;. The van der Waals surface area contributed by atoms with E-state index in [0.29, 0.717) is 12.8 Å². The van der Waals surface area contributed by atoms with Gasteiger partial charge in [-0.05, 0) is 5.82 Å². The average molecular weight is 1310 g/mol. The van der Waals surface area contributed by atoms with Crippen molar-refractivity contribution in [1.29, 1.82) is 0 Å². The number of hydrogen-bond donors (Lipinski definition) is 0. The molecule has 18 heteroatoms. The molecule has 6 amide bonds. The van der Waals surface area contributed by atoms with E-state index >= 15 is 0 Å². The fourth-order valence-corrected chi connectivity index (χ4v) is 3.42. The Labute approximate surface area is 345 Å². The van der Waals surface area contributed by atoms with Gasteiger partial charge in [-0.25, -0.2) is 0 Å². The van der Waals surface area contributed by atoms with Crippen molar-refractivity contribution in [2.24, 2.45) is 0 Å². The van der Waals surface area contributed by atoms with Gasteiger partial charge in [-0.3, -0.25) is 53.1 Å². The summed E-state index contributed by atoms with van der Waals surface area (Å²) in [6.07, 6.45) is 7.75. The summed E-state index contributed by atoms with van der Waals surface area (Å²) in [4.78, 5) is 102. The minimum absolute atomic E-state index is 0. The Bertz CT molecular complexity index is 1180. The van der Waals surface area contributed by atoms with Crippen LogP contribution in [0.4, 0.5) is 0 Å². The molecule has 0 saturated heterocycles. The van der Waals surface area contributed by atoms with Gasteiger partial charge in [-0.2, -0.15) is 0 Å². The molecule has 3 heterocycles. The second-order valence-electron chi connectivity index (χ2n) is 8.73.